The van der Waals surface area contributed by atoms with Gasteiger partial charge in [0, 0.05) is 23.8 Å². The number of benzene rings is 3. The van der Waals surface area contributed by atoms with Gasteiger partial charge in [-0.3, -0.25) is 4.79 Å². The third-order valence-corrected chi connectivity index (χ3v) is 5.84. The highest BCUT2D eigenvalue weighted by atomic mass is 16.5. The van der Waals surface area contributed by atoms with E-state index in [1.807, 2.05) is 25.1 Å². The lowest BCUT2D eigenvalue weighted by Crippen LogP contribution is -2.12. The quantitative estimate of drug-likeness (QED) is 0.278. The van der Waals surface area contributed by atoms with E-state index < -0.39 is 18.0 Å². The number of phenols is 1. The predicted molar refractivity (Wildman–Crippen MR) is 139 cm³/mol. The zero-order chi connectivity index (χ0) is 26.4. The van der Waals surface area contributed by atoms with Crippen molar-refractivity contribution in [1.29, 1.82) is 0 Å². The monoisotopic (exact) mass is 504 g/mol. The number of aryl methyl sites for hydroxylation is 1. The molecular weight excluding hydrogens is 476 g/mol. The summed E-state index contributed by atoms with van der Waals surface area (Å²) in [6.45, 7) is 1.40. The van der Waals surface area contributed by atoms with Crippen molar-refractivity contribution in [1.82, 2.24) is 0 Å². The van der Waals surface area contributed by atoms with Gasteiger partial charge < -0.3 is 28.8 Å². The van der Waals surface area contributed by atoms with E-state index in [0.29, 0.717) is 17.1 Å². The molecule has 0 amide bonds. The van der Waals surface area contributed by atoms with E-state index in [2.05, 4.69) is 12.1 Å². The number of methoxy groups -OCH3 is 1. The second-order valence-electron chi connectivity index (χ2n) is 8.64. The summed E-state index contributed by atoms with van der Waals surface area (Å²) in [6.07, 6.45) is 2.68. The van der Waals surface area contributed by atoms with Gasteiger partial charge in [0.1, 0.15) is 28.2 Å². The number of hydrogen-bond donors (Lipinski definition) is 2. The number of carbonyl (C=O) groups is 1. The van der Waals surface area contributed by atoms with Crippen LogP contribution in [0.1, 0.15) is 25.3 Å². The van der Waals surface area contributed by atoms with Gasteiger partial charge in [-0.25, -0.2) is 4.79 Å². The van der Waals surface area contributed by atoms with E-state index in [9.17, 15) is 14.7 Å². The van der Waals surface area contributed by atoms with E-state index >= 15 is 0 Å². The van der Waals surface area contributed by atoms with Crippen LogP contribution in [0, 0.1) is 0 Å². The maximum Gasteiger partial charge on any atom is 0.341 e. The minimum Gasteiger partial charge on any atom is -0.507 e. The predicted octanol–water partition coefficient (Wildman–Crippen LogP) is 5.43. The van der Waals surface area contributed by atoms with Crippen LogP contribution in [0.25, 0.3) is 22.3 Å². The lowest BCUT2D eigenvalue weighted by molar-refractivity contribution is -0.139. The fourth-order valence-corrected chi connectivity index (χ4v) is 4.05. The first-order valence-electron chi connectivity index (χ1n) is 11.9. The zero-order valence-electron chi connectivity index (χ0n) is 20.6. The lowest BCUT2D eigenvalue weighted by Gasteiger charge is -2.18. The summed E-state index contributed by atoms with van der Waals surface area (Å²) in [5.74, 6) is -0.163. The fraction of sp³-hybridized carbons (Fsp3) is 0.241. The average Bonchev–Trinajstić information content (AvgIpc) is 2.87. The van der Waals surface area contributed by atoms with Crippen LogP contribution >= 0.6 is 0 Å². The number of carboxylic acids is 1. The van der Waals surface area contributed by atoms with Gasteiger partial charge in [-0.15, -0.1) is 0 Å². The van der Waals surface area contributed by atoms with Gasteiger partial charge in [0.05, 0.1) is 13.2 Å². The largest absolute Gasteiger partial charge is 0.507 e. The van der Waals surface area contributed by atoms with Crippen molar-refractivity contribution in [3.8, 4) is 34.3 Å². The van der Waals surface area contributed by atoms with Crippen LogP contribution in [0.5, 0.6) is 23.0 Å². The Kier molecular flexibility index (Phi) is 7.98. The van der Waals surface area contributed by atoms with Gasteiger partial charge in [0.2, 0.25) is 0 Å². The number of carboxylic acid groups (broad SMARTS) is 1. The summed E-state index contributed by atoms with van der Waals surface area (Å²) in [4.78, 5) is 23.6. The summed E-state index contributed by atoms with van der Waals surface area (Å²) in [6, 6.07) is 19.3. The Bertz CT molecular complexity index is 1440. The summed E-state index contributed by atoms with van der Waals surface area (Å²) in [5, 5.41) is 19.1. The normalized spacial score (nSPS) is 11.7. The van der Waals surface area contributed by atoms with Crippen molar-refractivity contribution >= 4 is 16.9 Å². The molecule has 1 atom stereocenters. The number of rotatable bonds is 11. The molecule has 1 unspecified atom stereocenters. The van der Waals surface area contributed by atoms with Crippen molar-refractivity contribution < 1.29 is 33.6 Å². The molecule has 192 valence electrons. The van der Waals surface area contributed by atoms with Crippen LogP contribution in [-0.4, -0.2) is 36.0 Å². The highest BCUT2D eigenvalue weighted by molar-refractivity contribution is 5.86. The SMILES string of the molecule is COc1ccc(-c2cc(=O)c3c(O)cc(OCC(=O)O)cc3o2)cc1OC(C)CCCc1ccccc1. The molecule has 8 heteroatoms. The molecule has 0 saturated carbocycles. The van der Waals surface area contributed by atoms with Gasteiger partial charge in [-0.2, -0.15) is 0 Å². The second kappa shape index (κ2) is 11.5. The van der Waals surface area contributed by atoms with E-state index in [-0.39, 0.29) is 34.3 Å². The van der Waals surface area contributed by atoms with Gasteiger partial charge in [0.25, 0.3) is 0 Å². The molecule has 37 heavy (non-hydrogen) atoms. The topological polar surface area (TPSA) is 115 Å². The number of fused-ring (bicyclic) bond motifs is 1. The molecule has 1 aromatic heterocycles. The molecule has 4 aromatic rings. The molecule has 0 spiro atoms. The summed E-state index contributed by atoms with van der Waals surface area (Å²) < 4.78 is 22.7. The third kappa shape index (κ3) is 6.41. The average molecular weight is 505 g/mol. The number of hydrogen-bond acceptors (Lipinski definition) is 7. The molecule has 3 aromatic carbocycles. The summed E-state index contributed by atoms with van der Waals surface area (Å²) >= 11 is 0. The Labute approximate surface area is 213 Å². The molecule has 8 nitrogen and oxygen atoms in total. The van der Waals surface area contributed by atoms with E-state index in [1.165, 1.54) is 23.8 Å². The maximum absolute atomic E-state index is 12.8. The van der Waals surface area contributed by atoms with Gasteiger partial charge in [0.15, 0.2) is 23.5 Å². The van der Waals surface area contributed by atoms with Crippen molar-refractivity contribution in [3.05, 3.63) is 82.5 Å². The van der Waals surface area contributed by atoms with Crippen LogP contribution in [0.3, 0.4) is 0 Å². The first-order chi connectivity index (χ1) is 17.8. The lowest BCUT2D eigenvalue weighted by atomic mass is 10.1. The Morgan fingerprint density at radius 2 is 1.81 bits per heavy atom. The molecule has 4 rings (SSSR count). The highest BCUT2D eigenvalue weighted by Gasteiger charge is 2.16. The number of phenolic OH excluding ortho intramolecular Hbond substituents is 1. The minimum absolute atomic E-state index is 0.0246. The first kappa shape index (κ1) is 25.6. The molecule has 2 N–H and O–H groups in total. The Hall–Kier alpha value is -4.46. The molecule has 0 bridgehead atoms. The van der Waals surface area contributed by atoms with E-state index in [4.69, 9.17) is 23.7 Å². The zero-order valence-corrected chi connectivity index (χ0v) is 20.6. The minimum atomic E-state index is -1.17. The standard InChI is InChI=1S/C29H28O8/c1-18(7-6-10-19-8-4-3-5-9-19)36-26-13-20(11-12-24(26)34-2)25-16-23(31)29-22(30)14-21(15-27(29)37-25)35-17-28(32)33/h3-5,8-9,11-16,18,30H,6-7,10,17H2,1-2H3,(H,32,33). The Morgan fingerprint density at radius 3 is 2.54 bits per heavy atom. The van der Waals surface area contributed by atoms with Crippen molar-refractivity contribution in [2.75, 3.05) is 13.7 Å². The van der Waals surface area contributed by atoms with E-state index in [0.717, 1.165) is 19.3 Å². The van der Waals surface area contributed by atoms with Crippen LogP contribution in [-0.2, 0) is 11.2 Å². The molecular formula is C29H28O8. The number of aliphatic carboxylic acids is 1. The van der Waals surface area contributed by atoms with Crippen molar-refractivity contribution in [2.24, 2.45) is 0 Å². The van der Waals surface area contributed by atoms with Gasteiger partial charge in [-0.1, -0.05) is 30.3 Å². The number of aromatic hydroxyl groups is 1. The van der Waals surface area contributed by atoms with Crippen LogP contribution in [0.2, 0.25) is 0 Å². The second-order valence-corrected chi connectivity index (χ2v) is 8.64. The van der Waals surface area contributed by atoms with Crippen LogP contribution in [0.4, 0.5) is 0 Å². The smallest absolute Gasteiger partial charge is 0.341 e. The molecule has 0 fully saturated rings. The molecule has 0 aliphatic rings. The van der Waals surface area contributed by atoms with Crippen LogP contribution in [0.15, 0.2) is 75.9 Å². The first-order valence-corrected chi connectivity index (χ1v) is 11.9. The molecule has 0 saturated heterocycles. The van der Waals surface area contributed by atoms with Gasteiger partial charge in [-0.05, 0) is 49.9 Å². The highest BCUT2D eigenvalue weighted by Crippen LogP contribution is 2.36. The molecule has 1 heterocycles. The fourth-order valence-electron chi connectivity index (χ4n) is 4.05. The molecule has 0 radical (unpaired) electrons. The molecule has 0 aliphatic carbocycles. The van der Waals surface area contributed by atoms with Crippen LogP contribution < -0.4 is 19.6 Å². The Morgan fingerprint density at radius 1 is 1.03 bits per heavy atom. The maximum atomic E-state index is 12.8. The third-order valence-electron chi connectivity index (χ3n) is 5.84. The summed E-state index contributed by atoms with van der Waals surface area (Å²) in [7, 11) is 1.56. The Balaban J connectivity index is 1.57. The van der Waals surface area contributed by atoms with Gasteiger partial charge >= 0.3 is 5.97 Å². The number of ether oxygens (including phenoxy) is 3. The molecule has 0 aliphatic heterocycles. The van der Waals surface area contributed by atoms with E-state index in [1.54, 1.807) is 25.3 Å². The van der Waals surface area contributed by atoms with Crippen molar-refractivity contribution in [2.45, 2.75) is 32.3 Å². The van der Waals surface area contributed by atoms with Crippen molar-refractivity contribution in [3.63, 3.8) is 0 Å². The summed E-state index contributed by atoms with van der Waals surface area (Å²) in [5.41, 5.74) is 1.47.